The Balaban J connectivity index is 1.53. The van der Waals surface area contributed by atoms with Gasteiger partial charge in [-0.15, -0.1) is 0 Å². The molecule has 1 heterocycles. The minimum atomic E-state index is 0.347. The summed E-state index contributed by atoms with van der Waals surface area (Å²) in [5.41, 5.74) is 0.739. The molecule has 0 amide bonds. The lowest BCUT2D eigenvalue weighted by Crippen LogP contribution is -2.58. The topological polar surface area (TPSA) is 48.9 Å². The zero-order valence-electron chi connectivity index (χ0n) is 17.5. The molecule has 0 unspecified atom stereocenters. The van der Waals surface area contributed by atoms with E-state index >= 15 is 0 Å². The van der Waals surface area contributed by atoms with E-state index in [2.05, 4.69) is 32.3 Å². The highest BCUT2D eigenvalue weighted by Crippen LogP contribution is 2.40. The third-order valence-electron chi connectivity index (χ3n) is 7.16. The van der Waals surface area contributed by atoms with Crippen molar-refractivity contribution >= 4 is 17.7 Å². The van der Waals surface area contributed by atoms with Crippen LogP contribution in [0.2, 0.25) is 0 Å². The van der Waals surface area contributed by atoms with E-state index in [0.29, 0.717) is 11.0 Å². The summed E-state index contributed by atoms with van der Waals surface area (Å²) in [4.78, 5) is 7.31. The molecule has 1 saturated heterocycles. The molecule has 0 aromatic heterocycles. The number of thioether (sulfide) groups is 1. The van der Waals surface area contributed by atoms with Gasteiger partial charge in [-0.25, -0.2) is 0 Å². The molecular formula is C21H40N4OS. The van der Waals surface area contributed by atoms with E-state index < -0.39 is 0 Å². The number of hydrogen-bond donors (Lipinski definition) is 2. The van der Waals surface area contributed by atoms with Crippen molar-refractivity contribution in [2.45, 2.75) is 63.3 Å². The molecule has 2 aliphatic carbocycles. The summed E-state index contributed by atoms with van der Waals surface area (Å²) in [7, 11) is 3.72. The molecule has 0 bridgehead atoms. The summed E-state index contributed by atoms with van der Waals surface area (Å²) in [5.74, 6) is 3.56. The van der Waals surface area contributed by atoms with Crippen LogP contribution in [0.25, 0.3) is 0 Å². The number of nitrogens with one attached hydrogen (secondary N) is 2. The van der Waals surface area contributed by atoms with Crippen LogP contribution in [0, 0.1) is 5.41 Å². The number of aliphatic imine (C=N–C) groups is 1. The van der Waals surface area contributed by atoms with E-state index in [1.54, 1.807) is 0 Å². The highest BCUT2D eigenvalue weighted by atomic mass is 32.2. The molecular weight excluding hydrogens is 356 g/mol. The van der Waals surface area contributed by atoms with Crippen LogP contribution in [0.5, 0.6) is 0 Å². The van der Waals surface area contributed by atoms with Gasteiger partial charge in [0.15, 0.2) is 5.96 Å². The van der Waals surface area contributed by atoms with Gasteiger partial charge in [-0.1, -0.05) is 25.7 Å². The first-order valence-electron chi connectivity index (χ1n) is 11.0. The van der Waals surface area contributed by atoms with Crippen LogP contribution >= 0.6 is 11.8 Å². The SMILES string of the molecule is CN=C(NCC1(CCOC)CCCC1)NCC1(N2CCSCC2)CCCC1. The number of hydrogen-bond acceptors (Lipinski definition) is 4. The zero-order chi connectivity index (χ0) is 19.0. The fraction of sp³-hybridized carbons (Fsp3) is 0.952. The molecule has 0 aromatic carbocycles. The highest BCUT2D eigenvalue weighted by molar-refractivity contribution is 7.99. The van der Waals surface area contributed by atoms with Crippen LogP contribution < -0.4 is 10.6 Å². The predicted octanol–water partition coefficient (Wildman–Crippen LogP) is 3.11. The van der Waals surface area contributed by atoms with Crippen LogP contribution in [0.3, 0.4) is 0 Å². The van der Waals surface area contributed by atoms with Crippen molar-refractivity contribution in [3.63, 3.8) is 0 Å². The molecule has 0 radical (unpaired) electrons. The largest absolute Gasteiger partial charge is 0.385 e. The molecule has 5 nitrogen and oxygen atoms in total. The maximum atomic E-state index is 5.38. The van der Waals surface area contributed by atoms with E-state index in [1.807, 2.05) is 14.2 Å². The molecule has 6 heteroatoms. The smallest absolute Gasteiger partial charge is 0.191 e. The first kappa shape index (κ1) is 21.3. The number of methoxy groups -OCH3 is 1. The maximum absolute atomic E-state index is 5.38. The van der Waals surface area contributed by atoms with Gasteiger partial charge in [-0.05, 0) is 37.5 Å². The van der Waals surface area contributed by atoms with Gasteiger partial charge in [0.25, 0.3) is 0 Å². The van der Waals surface area contributed by atoms with Crippen molar-refractivity contribution < 1.29 is 4.74 Å². The van der Waals surface area contributed by atoms with Crippen molar-refractivity contribution in [2.75, 3.05) is 58.4 Å². The van der Waals surface area contributed by atoms with Crippen molar-refractivity contribution in [3.8, 4) is 0 Å². The van der Waals surface area contributed by atoms with Gasteiger partial charge in [-0.2, -0.15) is 11.8 Å². The first-order chi connectivity index (χ1) is 13.2. The minimum Gasteiger partial charge on any atom is -0.385 e. The van der Waals surface area contributed by atoms with Gasteiger partial charge in [-0.3, -0.25) is 9.89 Å². The van der Waals surface area contributed by atoms with E-state index in [4.69, 9.17) is 4.74 Å². The molecule has 2 saturated carbocycles. The molecule has 0 aromatic rings. The molecule has 2 N–H and O–H groups in total. The first-order valence-corrected chi connectivity index (χ1v) is 12.1. The van der Waals surface area contributed by atoms with Crippen LogP contribution in [-0.2, 0) is 4.74 Å². The lowest BCUT2D eigenvalue weighted by atomic mass is 9.83. The molecule has 0 atom stereocenters. The Bertz CT molecular complexity index is 467. The number of guanidine groups is 1. The highest BCUT2D eigenvalue weighted by Gasteiger charge is 2.40. The summed E-state index contributed by atoms with van der Waals surface area (Å²) in [5, 5.41) is 7.37. The van der Waals surface area contributed by atoms with Crippen molar-refractivity contribution in [1.29, 1.82) is 0 Å². The molecule has 3 rings (SSSR count). The second-order valence-electron chi connectivity index (χ2n) is 8.76. The van der Waals surface area contributed by atoms with Crippen molar-refractivity contribution in [2.24, 2.45) is 10.4 Å². The fourth-order valence-corrected chi connectivity index (χ4v) is 6.28. The van der Waals surface area contributed by atoms with Crippen molar-refractivity contribution in [1.82, 2.24) is 15.5 Å². The van der Waals surface area contributed by atoms with Crippen molar-refractivity contribution in [3.05, 3.63) is 0 Å². The Morgan fingerprint density at radius 1 is 1.00 bits per heavy atom. The van der Waals surface area contributed by atoms with E-state index in [-0.39, 0.29) is 0 Å². The van der Waals surface area contributed by atoms with E-state index in [1.165, 1.54) is 76.0 Å². The second-order valence-corrected chi connectivity index (χ2v) is 9.98. The lowest BCUT2D eigenvalue weighted by Gasteiger charge is -2.44. The molecule has 156 valence electrons. The van der Waals surface area contributed by atoms with Crippen LogP contribution in [0.1, 0.15) is 57.8 Å². The Labute approximate surface area is 170 Å². The van der Waals surface area contributed by atoms with Gasteiger partial charge in [0.05, 0.1) is 0 Å². The fourth-order valence-electron chi connectivity index (χ4n) is 5.37. The van der Waals surface area contributed by atoms with Gasteiger partial charge >= 0.3 is 0 Å². The van der Waals surface area contributed by atoms with Crippen LogP contribution in [-0.4, -0.2) is 74.8 Å². The average molecular weight is 397 g/mol. The zero-order valence-corrected chi connectivity index (χ0v) is 18.3. The minimum absolute atomic E-state index is 0.347. The lowest BCUT2D eigenvalue weighted by molar-refractivity contribution is 0.107. The second kappa shape index (κ2) is 10.4. The molecule has 1 aliphatic heterocycles. The monoisotopic (exact) mass is 396 g/mol. The van der Waals surface area contributed by atoms with E-state index in [9.17, 15) is 0 Å². The third-order valence-corrected chi connectivity index (χ3v) is 8.10. The predicted molar refractivity (Wildman–Crippen MR) is 117 cm³/mol. The van der Waals surface area contributed by atoms with Crippen LogP contribution in [0.4, 0.5) is 0 Å². The quantitative estimate of drug-likeness (QED) is 0.488. The summed E-state index contributed by atoms with van der Waals surface area (Å²) in [6, 6.07) is 0. The summed E-state index contributed by atoms with van der Waals surface area (Å²) in [6.07, 6.45) is 11.9. The Hall–Kier alpha value is -0.460. The normalized spacial score (nSPS) is 25.6. The van der Waals surface area contributed by atoms with Gasteiger partial charge in [0.1, 0.15) is 0 Å². The van der Waals surface area contributed by atoms with Crippen LogP contribution in [0.15, 0.2) is 4.99 Å². The standard InChI is InChI=1S/C21H40N4OS/c1-22-19(23-17-20(11-14-26-2)7-3-4-8-20)24-18-21(9-5-6-10-21)25-12-15-27-16-13-25/h3-18H2,1-2H3,(H2,22,23,24). The third kappa shape index (κ3) is 5.54. The number of nitrogens with zero attached hydrogens (tertiary/aromatic N) is 2. The summed E-state index contributed by atoms with van der Waals surface area (Å²) < 4.78 is 5.38. The maximum Gasteiger partial charge on any atom is 0.191 e. The van der Waals surface area contributed by atoms with E-state index in [0.717, 1.165) is 32.1 Å². The van der Waals surface area contributed by atoms with Gasteiger partial charge < -0.3 is 15.4 Å². The summed E-state index contributed by atoms with van der Waals surface area (Å²) >= 11 is 2.10. The Kier molecular flexibility index (Phi) is 8.15. The molecule has 3 fully saturated rings. The Morgan fingerprint density at radius 2 is 1.63 bits per heavy atom. The number of ether oxygens (including phenoxy) is 1. The molecule has 3 aliphatic rings. The summed E-state index contributed by atoms with van der Waals surface area (Å²) in [6.45, 7) is 5.41. The Morgan fingerprint density at radius 3 is 2.26 bits per heavy atom. The molecule has 27 heavy (non-hydrogen) atoms. The molecule has 0 spiro atoms. The van der Waals surface area contributed by atoms with Gasteiger partial charge in [0, 0.05) is 64.0 Å². The number of rotatable bonds is 8. The average Bonchev–Trinajstić information content (AvgIpc) is 3.38. The van der Waals surface area contributed by atoms with Gasteiger partial charge in [0.2, 0.25) is 0 Å².